The molecule has 0 aliphatic heterocycles. The van der Waals surface area contributed by atoms with Crippen molar-refractivity contribution in [2.24, 2.45) is 0 Å². The number of aromatic nitrogens is 3. The average Bonchev–Trinajstić information content (AvgIpc) is 2.99. The van der Waals surface area contributed by atoms with Gasteiger partial charge >= 0.3 is 0 Å². The molecular weight excluding hydrogens is 256 g/mol. The van der Waals surface area contributed by atoms with Gasteiger partial charge in [0.05, 0.1) is 0 Å². The van der Waals surface area contributed by atoms with Crippen LogP contribution in [0, 0.1) is 6.92 Å². The Bertz CT molecular complexity index is 566. The molecule has 0 bridgehead atoms. The highest BCUT2D eigenvalue weighted by Gasteiger charge is 2.27. The zero-order chi connectivity index (χ0) is 13.2. The van der Waals surface area contributed by atoms with Gasteiger partial charge in [-0.2, -0.15) is 21.4 Å². The Labute approximate surface area is 118 Å². The van der Waals surface area contributed by atoms with Gasteiger partial charge in [0.1, 0.15) is 12.1 Å². The van der Waals surface area contributed by atoms with Crippen LogP contribution in [0.2, 0.25) is 0 Å². The van der Waals surface area contributed by atoms with Crippen molar-refractivity contribution in [1.29, 1.82) is 0 Å². The molecule has 1 saturated carbocycles. The molecule has 0 radical (unpaired) electrons. The molecule has 19 heavy (non-hydrogen) atoms. The third-order valence-electron chi connectivity index (χ3n) is 3.69. The number of nitrogens with zero attached hydrogens (tertiary/aromatic N) is 3. The van der Waals surface area contributed by atoms with Crippen LogP contribution in [-0.4, -0.2) is 31.6 Å². The lowest BCUT2D eigenvalue weighted by atomic mass is 10.2. The zero-order valence-electron chi connectivity index (χ0n) is 11.5. The molecule has 1 aliphatic rings. The number of thioether (sulfide) groups is 1. The van der Waals surface area contributed by atoms with Gasteiger partial charge in [0.2, 0.25) is 0 Å². The number of anilines is 1. The molecule has 4 nitrogen and oxygen atoms in total. The smallest absolute Gasteiger partial charge is 0.157 e. The maximum atomic E-state index is 4.31. The fraction of sp³-hybridized carbons (Fsp3) is 0.571. The van der Waals surface area contributed by atoms with Crippen molar-refractivity contribution < 1.29 is 0 Å². The van der Waals surface area contributed by atoms with Crippen LogP contribution in [0.3, 0.4) is 0 Å². The van der Waals surface area contributed by atoms with E-state index in [0.29, 0.717) is 6.04 Å². The van der Waals surface area contributed by atoms with Crippen molar-refractivity contribution >= 4 is 23.2 Å². The predicted molar refractivity (Wildman–Crippen MR) is 80.9 cm³/mol. The molecule has 5 heteroatoms. The molecule has 0 saturated heterocycles. The zero-order valence-corrected chi connectivity index (χ0v) is 12.3. The van der Waals surface area contributed by atoms with Gasteiger partial charge in [-0.15, -0.1) is 0 Å². The van der Waals surface area contributed by atoms with Crippen LogP contribution < -0.4 is 5.32 Å². The van der Waals surface area contributed by atoms with Crippen LogP contribution in [-0.2, 0) is 0 Å². The van der Waals surface area contributed by atoms with Gasteiger partial charge in [-0.3, -0.25) is 0 Å². The van der Waals surface area contributed by atoms with Crippen molar-refractivity contribution in [1.82, 2.24) is 14.6 Å². The van der Waals surface area contributed by atoms with E-state index in [-0.39, 0.29) is 0 Å². The Morgan fingerprint density at radius 3 is 3.16 bits per heavy atom. The molecule has 2 heterocycles. The lowest BCUT2D eigenvalue weighted by Gasteiger charge is -2.21. The quantitative estimate of drug-likeness (QED) is 0.931. The minimum Gasteiger partial charge on any atom is -0.366 e. The highest BCUT2D eigenvalue weighted by Crippen LogP contribution is 2.32. The largest absolute Gasteiger partial charge is 0.366 e. The van der Waals surface area contributed by atoms with E-state index in [0.717, 1.165) is 16.7 Å². The fourth-order valence-electron chi connectivity index (χ4n) is 2.85. The summed E-state index contributed by atoms with van der Waals surface area (Å²) < 4.78 is 1.90. The van der Waals surface area contributed by atoms with Gasteiger partial charge < -0.3 is 5.32 Å². The molecule has 0 aromatic carbocycles. The van der Waals surface area contributed by atoms with E-state index in [1.807, 2.05) is 4.52 Å². The molecule has 2 aromatic heterocycles. The Morgan fingerprint density at radius 1 is 1.42 bits per heavy atom. The number of hydrogen-bond donors (Lipinski definition) is 1. The number of pyridine rings is 1. The van der Waals surface area contributed by atoms with E-state index in [1.54, 1.807) is 6.33 Å². The first-order chi connectivity index (χ1) is 9.28. The Balaban J connectivity index is 1.86. The second-order valence-electron chi connectivity index (χ2n) is 5.12. The number of aryl methyl sites for hydroxylation is 1. The molecule has 1 fully saturated rings. The van der Waals surface area contributed by atoms with Gasteiger partial charge in [0.15, 0.2) is 5.65 Å². The lowest BCUT2D eigenvalue weighted by molar-refractivity contribution is 0.752. The fourth-order valence-corrected chi connectivity index (χ4v) is 4.05. The summed E-state index contributed by atoms with van der Waals surface area (Å²) >= 11 is 2.07. The lowest BCUT2D eigenvalue weighted by Crippen LogP contribution is -2.27. The first-order valence-corrected chi connectivity index (χ1v) is 8.01. The summed E-state index contributed by atoms with van der Waals surface area (Å²) in [6.07, 6.45) is 5.51. The Kier molecular flexibility index (Phi) is 3.64. The van der Waals surface area contributed by atoms with Crippen molar-refractivity contribution in [2.45, 2.75) is 44.4 Å². The summed E-state index contributed by atoms with van der Waals surface area (Å²) in [5.74, 6) is 2.26. The number of fused-ring (bicyclic) bond motifs is 1. The number of nitrogens with one attached hydrogen (secondary N) is 1. The van der Waals surface area contributed by atoms with Gasteiger partial charge in [0.25, 0.3) is 0 Å². The average molecular weight is 276 g/mol. The summed E-state index contributed by atoms with van der Waals surface area (Å²) in [5, 5.41) is 8.72. The monoisotopic (exact) mass is 276 g/mol. The number of rotatable bonds is 4. The summed E-state index contributed by atoms with van der Waals surface area (Å²) in [7, 11) is 0. The van der Waals surface area contributed by atoms with Crippen molar-refractivity contribution in [3.8, 4) is 0 Å². The standard InChI is InChI=1S/C14H20N4S/c1-3-19-12-6-4-5-11(12)17-14-8-10(2)7-13-15-9-16-18(13)14/h7-9,11-12,17H,3-6H2,1-2H3. The first kappa shape index (κ1) is 12.8. The molecule has 102 valence electrons. The van der Waals surface area contributed by atoms with E-state index in [4.69, 9.17) is 0 Å². The van der Waals surface area contributed by atoms with Gasteiger partial charge in [-0.05, 0) is 43.2 Å². The predicted octanol–water partition coefficient (Wildman–Crippen LogP) is 3.12. The highest BCUT2D eigenvalue weighted by atomic mass is 32.2. The molecule has 2 aromatic rings. The maximum absolute atomic E-state index is 4.31. The SMILES string of the molecule is CCSC1CCCC1Nc1cc(C)cc2ncnn12. The Hall–Kier alpha value is -1.23. The molecule has 0 spiro atoms. The van der Waals surface area contributed by atoms with E-state index >= 15 is 0 Å². The van der Waals surface area contributed by atoms with Crippen molar-refractivity contribution in [3.05, 3.63) is 24.0 Å². The van der Waals surface area contributed by atoms with Gasteiger partial charge in [0, 0.05) is 11.3 Å². The van der Waals surface area contributed by atoms with E-state index in [2.05, 4.69) is 53.1 Å². The van der Waals surface area contributed by atoms with Crippen LogP contribution >= 0.6 is 11.8 Å². The molecule has 3 rings (SSSR count). The van der Waals surface area contributed by atoms with Crippen LogP contribution in [0.5, 0.6) is 0 Å². The molecule has 2 unspecified atom stereocenters. The Morgan fingerprint density at radius 2 is 2.32 bits per heavy atom. The summed E-state index contributed by atoms with van der Waals surface area (Å²) in [6.45, 7) is 4.34. The second-order valence-corrected chi connectivity index (χ2v) is 6.64. The van der Waals surface area contributed by atoms with Crippen LogP contribution in [0.4, 0.5) is 5.82 Å². The third kappa shape index (κ3) is 2.56. The van der Waals surface area contributed by atoms with Crippen LogP contribution in [0.1, 0.15) is 31.7 Å². The topological polar surface area (TPSA) is 42.2 Å². The van der Waals surface area contributed by atoms with Crippen LogP contribution in [0.15, 0.2) is 18.5 Å². The van der Waals surface area contributed by atoms with Crippen molar-refractivity contribution in [2.75, 3.05) is 11.1 Å². The van der Waals surface area contributed by atoms with Crippen molar-refractivity contribution in [3.63, 3.8) is 0 Å². The normalized spacial score (nSPS) is 23.1. The molecule has 1 aliphatic carbocycles. The summed E-state index contributed by atoms with van der Waals surface area (Å²) in [4.78, 5) is 4.28. The minimum atomic E-state index is 0.555. The molecule has 2 atom stereocenters. The summed E-state index contributed by atoms with van der Waals surface area (Å²) in [5.41, 5.74) is 2.14. The summed E-state index contributed by atoms with van der Waals surface area (Å²) in [6, 6.07) is 4.78. The minimum absolute atomic E-state index is 0.555. The number of hydrogen-bond acceptors (Lipinski definition) is 4. The van der Waals surface area contributed by atoms with Gasteiger partial charge in [-0.1, -0.05) is 13.3 Å². The molecule has 0 amide bonds. The highest BCUT2D eigenvalue weighted by molar-refractivity contribution is 7.99. The maximum Gasteiger partial charge on any atom is 0.157 e. The molecular formula is C14H20N4S. The first-order valence-electron chi connectivity index (χ1n) is 6.96. The van der Waals surface area contributed by atoms with E-state index in [1.165, 1.54) is 30.6 Å². The van der Waals surface area contributed by atoms with Gasteiger partial charge in [-0.25, -0.2) is 4.98 Å². The van der Waals surface area contributed by atoms with E-state index < -0.39 is 0 Å². The van der Waals surface area contributed by atoms with E-state index in [9.17, 15) is 0 Å². The van der Waals surface area contributed by atoms with Crippen LogP contribution in [0.25, 0.3) is 5.65 Å². The third-order valence-corrected chi connectivity index (χ3v) is 5.02. The second kappa shape index (κ2) is 5.41. The molecule has 1 N–H and O–H groups in total.